The van der Waals surface area contributed by atoms with Crippen LogP contribution in [0.5, 0.6) is 0 Å². The average molecular weight is 407 g/mol. The van der Waals surface area contributed by atoms with Crippen molar-refractivity contribution in [1.29, 1.82) is 0 Å². The molecule has 0 amide bonds. The van der Waals surface area contributed by atoms with Crippen molar-refractivity contribution in [2.24, 2.45) is 5.92 Å². The van der Waals surface area contributed by atoms with Gasteiger partial charge in [0.15, 0.2) is 0 Å². The van der Waals surface area contributed by atoms with E-state index in [1.54, 1.807) is 11.3 Å². The van der Waals surface area contributed by atoms with Crippen LogP contribution in [-0.4, -0.2) is 21.3 Å². The standard InChI is InChI=1S/C26H38N4/c1-2-6-12-21(11-5-1)19-30-24-16-18-29(25-15-9-10-17-27-25)20-23(24)26(28-30)22-13-7-3-4-8-14-22/h9-10,15,17,21-22H,1-8,11-14,16,18-20H2. The monoisotopic (exact) mass is 406 g/mol. The quantitative estimate of drug-likeness (QED) is 0.563. The molecule has 2 aromatic heterocycles. The first-order valence-electron chi connectivity index (χ1n) is 12.6. The molecule has 0 spiro atoms. The number of hydrogen-bond donors (Lipinski definition) is 0. The van der Waals surface area contributed by atoms with E-state index in [-0.39, 0.29) is 0 Å². The molecule has 30 heavy (non-hydrogen) atoms. The number of hydrogen-bond acceptors (Lipinski definition) is 3. The minimum absolute atomic E-state index is 0.667. The number of aromatic nitrogens is 3. The lowest BCUT2D eigenvalue weighted by atomic mass is 9.91. The molecular weight excluding hydrogens is 368 g/mol. The molecule has 0 N–H and O–H groups in total. The third kappa shape index (κ3) is 4.43. The van der Waals surface area contributed by atoms with Gasteiger partial charge in [-0.1, -0.05) is 57.4 Å². The molecule has 2 aliphatic carbocycles. The predicted octanol–water partition coefficient (Wildman–Crippen LogP) is 6.25. The second kappa shape index (κ2) is 9.53. The molecule has 0 atom stereocenters. The maximum absolute atomic E-state index is 5.38. The first-order valence-corrected chi connectivity index (χ1v) is 12.6. The summed E-state index contributed by atoms with van der Waals surface area (Å²) in [6, 6.07) is 6.28. The molecule has 0 aromatic carbocycles. The Morgan fingerprint density at radius 1 is 0.867 bits per heavy atom. The van der Waals surface area contributed by atoms with Crippen molar-refractivity contribution in [3.63, 3.8) is 0 Å². The molecular formula is C26H38N4. The molecule has 4 nitrogen and oxygen atoms in total. The summed E-state index contributed by atoms with van der Waals surface area (Å²) in [6.07, 6.45) is 19.7. The summed E-state index contributed by atoms with van der Waals surface area (Å²) in [5.74, 6) is 2.61. The van der Waals surface area contributed by atoms with Gasteiger partial charge in [-0.15, -0.1) is 0 Å². The summed E-state index contributed by atoms with van der Waals surface area (Å²) in [7, 11) is 0. The molecule has 1 aliphatic heterocycles. The van der Waals surface area contributed by atoms with Gasteiger partial charge in [0.2, 0.25) is 0 Å². The fourth-order valence-corrected chi connectivity index (χ4v) is 6.08. The molecule has 5 rings (SSSR count). The largest absolute Gasteiger partial charge is 0.352 e. The van der Waals surface area contributed by atoms with Crippen LogP contribution < -0.4 is 4.90 Å². The van der Waals surface area contributed by atoms with Gasteiger partial charge in [-0.25, -0.2) is 4.98 Å². The highest BCUT2D eigenvalue weighted by Crippen LogP contribution is 2.37. The number of fused-ring (bicyclic) bond motifs is 1. The lowest BCUT2D eigenvalue weighted by Crippen LogP contribution is -2.32. The van der Waals surface area contributed by atoms with E-state index in [9.17, 15) is 0 Å². The fraction of sp³-hybridized carbons (Fsp3) is 0.692. The Morgan fingerprint density at radius 2 is 1.60 bits per heavy atom. The first kappa shape index (κ1) is 20.1. The van der Waals surface area contributed by atoms with E-state index in [0.29, 0.717) is 5.92 Å². The highest BCUT2D eigenvalue weighted by molar-refractivity contribution is 5.44. The average Bonchev–Trinajstić information content (AvgIpc) is 3.02. The zero-order chi connectivity index (χ0) is 20.2. The Hall–Kier alpha value is -1.84. The third-order valence-electron chi connectivity index (χ3n) is 7.79. The molecule has 3 heterocycles. The Balaban J connectivity index is 1.44. The summed E-state index contributed by atoms with van der Waals surface area (Å²) in [5.41, 5.74) is 4.54. The van der Waals surface area contributed by atoms with Crippen LogP contribution in [0.1, 0.15) is 99.9 Å². The van der Waals surface area contributed by atoms with Crippen LogP contribution in [0, 0.1) is 5.92 Å². The molecule has 4 heteroatoms. The third-order valence-corrected chi connectivity index (χ3v) is 7.79. The lowest BCUT2D eigenvalue weighted by molar-refractivity contribution is 0.365. The number of nitrogens with zero attached hydrogens (tertiary/aromatic N) is 4. The van der Waals surface area contributed by atoms with Gasteiger partial charge >= 0.3 is 0 Å². The van der Waals surface area contributed by atoms with Gasteiger partial charge in [-0.3, -0.25) is 4.68 Å². The Morgan fingerprint density at radius 3 is 2.30 bits per heavy atom. The molecule has 3 aliphatic rings. The number of pyridine rings is 1. The van der Waals surface area contributed by atoms with E-state index in [2.05, 4.69) is 26.7 Å². The molecule has 0 unspecified atom stereocenters. The highest BCUT2D eigenvalue weighted by atomic mass is 15.3. The van der Waals surface area contributed by atoms with Gasteiger partial charge in [0.1, 0.15) is 5.82 Å². The van der Waals surface area contributed by atoms with E-state index >= 15 is 0 Å². The lowest BCUT2D eigenvalue weighted by Gasteiger charge is -2.30. The van der Waals surface area contributed by atoms with Gasteiger partial charge in [0.05, 0.1) is 5.69 Å². The van der Waals surface area contributed by atoms with E-state index in [1.165, 1.54) is 82.7 Å². The second-order valence-electron chi connectivity index (χ2n) is 9.90. The van der Waals surface area contributed by atoms with Gasteiger partial charge in [0, 0.05) is 49.4 Å². The molecule has 2 fully saturated rings. The van der Waals surface area contributed by atoms with E-state index in [0.717, 1.165) is 37.8 Å². The molecule has 0 saturated heterocycles. The first-order chi connectivity index (χ1) is 14.9. The maximum Gasteiger partial charge on any atom is 0.128 e. The predicted molar refractivity (Wildman–Crippen MR) is 123 cm³/mol. The molecule has 2 aromatic rings. The summed E-state index contributed by atoms with van der Waals surface area (Å²) in [5, 5.41) is 5.38. The van der Waals surface area contributed by atoms with Crippen LogP contribution in [0.25, 0.3) is 0 Å². The van der Waals surface area contributed by atoms with Gasteiger partial charge in [0.25, 0.3) is 0 Å². The summed E-state index contributed by atoms with van der Waals surface area (Å²) < 4.78 is 2.47. The van der Waals surface area contributed by atoms with Crippen molar-refractivity contribution in [1.82, 2.24) is 14.8 Å². The van der Waals surface area contributed by atoms with Crippen molar-refractivity contribution in [3.05, 3.63) is 41.3 Å². The number of rotatable bonds is 4. The SMILES string of the molecule is c1ccc(N2CCc3c(c(C4CCCCCC4)nn3CC3CCCCCC3)C2)nc1. The topological polar surface area (TPSA) is 34.0 Å². The highest BCUT2D eigenvalue weighted by Gasteiger charge is 2.30. The van der Waals surface area contributed by atoms with Crippen LogP contribution in [0.15, 0.2) is 24.4 Å². The molecule has 2 saturated carbocycles. The van der Waals surface area contributed by atoms with Crippen molar-refractivity contribution in [2.75, 3.05) is 11.4 Å². The van der Waals surface area contributed by atoms with Crippen LogP contribution in [0.4, 0.5) is 5.82 Å². The maximum atomic E-state index is 5.38. The smallest absolute Gasteiger partial charge is 0.128 e. The van der Waals surface area contributed by atoms with Crippen LogP contribution in [0.3, 0.4) is 0 Å². The summed E-state index contributed by atoms with van der Waals surface area (Å²) in [4.78, 5) is 7.11. The van der Waals surface area contributed by atoms with Crippen molar-refractivity contribution in [2.45, 2.75) is 102 Å². The van der Waals surface area contributed by atoms with Crippen LogP contribution in [0.2, 0.25) is 0 Å². The summed E-state index contributed by atoms with van der Waals surface area (Å²) in [6.45, 7) is 3.20. The zero-order valence-corrected chi connectivity index (χ0v) is 18.6. The summed E-state index contributed by atoms with van der Waals surface area (Å²) >= 11 is 0. The van der Waals surface area contributed by atoms with Gasteiger partial charge < -0.3 is 4.90 Å². The van der Waals surface area contributed by atoms with Crippen LogP contribution in [-0.2, 0) is 19.5 Å². The Labute approximate surface area is 182 Å². The van der Waals surface area contributed by atoms with Crippen molar-refractivity contribution >= 4 is 5.82 Å². The van der Waals surface area contributed by atoms with Crippen LogP contribution >= 0.6 is 0 Å². The normalized spacial score (nSPS) is 21.8. The van der Waals surface area contributed by atoms with Crippen molar-refractivity contribution in [3.8, 4) is 0 Å². The minimum Gasteiger partial charge on any atom is -0.352 e. The minimum atomic E-state index is 0.667. The Kier molecular flexibility index (Phi) is 6.38. The fourth-order valence-electron chi connectivity index (χ4n) is 6.08. The number of anilines is 1. The van der Waals surface area contributed by atoms with Gasteiger partial charge in [-0.2, -0.15) is 5.10 Å². The van der Waals surface area contributed by atoms with E-state index in [1.807, 2.05) is 12.3 Å². The molecule has 0 radical (unpaired) electrons. The van der Waals surface area contributed by atoms with Crippen molar-refractivity contribution < 1.29 is 0 Å². The Bertz CT molecular complexity index is 796. The van der Waals surface area contributed by atoms with E-state index in [4.69, 9.17) is 5.10 Å². The van der Waals surface area contributed by atoms with E-state index < -0.39 is 0 Å². The zero-order valence-electron chi connectivity index (χ0n) is 18.6. The molecule has 0 bridgehead atoms. The second-order valence-corrected chi connectivity index (χ2v) is 9.90. The molecule has 162 valence electrons. The van der Waals surface area contributed by atoms with Gasteiger partial charge in [-0.05, 0) is 43.7 Å².